The lowest BCUT2D eigenvalue weighted by Gasteiger charge is -2.34. The van der Waals surface area contributed by atoms with Gasteiger partial charge in [-0.2, -0.15) is 0 Å². The maximum absolute atomic E-state index is 15.2. The van der Waals surface area contributed by atoms with Gasteiger partial charge in [0.15, 0.2) is 0 Å². The zero-order valence-electron chi connectivity index (χ0n) is 25.0. The van der Waals surface area contributed by atoms with Crippen LogP contribution in [0, 0.1) is 12.7 Å². The minimum absolute atomic E-state index is 0.0497. The highest BCUT2D eigenvalue weighted by Crippen LogP contribution is 2.27. The minimum Gasteiger partial charge on any atom is -0.354 e. The van der Waals surface area contributed by atoms with Gasteiger partial charge in [-0.05, 0) is 48.7 Å². The van der Waals surface area contributed by atoms with Crippen molar-refractivity contribution in [2.24, 2.45) is 0 Å². The van der Waals surface area contributed by atoms with Crippen LogP contribution < -0.4 is 9.62 Å². The third kappa shape index (κ3) is 8.32. The first-order valence-corrected chi connectivity index (χ1v) is 16.1. The maximum Gasteiger partial charge on any atom is 0.264 e. The second-order valence-corrected chi connectivity index (χ2v) is 12.5. The van der Waals surface area contributed by atoms with E-state index in [1.807, 2.05) is 74.5 Å². The number of para-hydroxylation sites is 1. The smallest absolute Gasteiger partial charge is 0.264 e. The molecule has 0 radical (unpaired) electrons. The van der Waals surface area contributed by atoms with Gasteiger partial charge in [-0.3, -0.25) is 13.9 Å². The van der Waals surface area contributed by atoms with E-state index in [1.54, 1.807) is 12.1 Å². The van der Waals surface area contributed by atoms with Crippen LogP contribution in [0.5, 0.6) is 0 Å². The van der Waals surface area contributed by atoms with Crippen LogP contribution in [0.25, 0.3) is 0 Å². The second kappa shape index (κ2) is 15.3. The lowest BCUT2D eigenvalue weighted by Crippen LogP contribution is -2.53. The fourth-order valence-electron chi connectivity index (χ4n) is 4.85. The molecule has 0 bridgehead atoms. The van der Waals surface area contributed by atoms with Crippen molar-refractivity contribution >= 4 is 27.5 Å². The molecule has 0 saturated heterocycles. The van der Waals surface area contributed by atoms with Crippen LogP contribution in [0.15, 0.2) is 114 Å². The highest BCUT2D eigenvalue weighted by molar-refractivity contribution is 7.92. The molecule has 1 N–H and O–H groups in total. The zero-order valence-corrected chi connectivity index (χ0v) is 25.8. The van der Waals surface area contributed by atoms with E-state index < -0.39 is 34.3 Å². The van der Waals surface area contributed by atoms with Crippen LogP contribution in [0.2, 0.25) is 0 Å². The Hall–Kier alpha value is -4.50. The summed E-state index contributed by atoms with van der Waals surface area (Å²) in [4.78, 5) is 29.4. The number of nitrogens with zero attached hydrogens (tertiary/aromatic N) is 2. The summed E-state index contributed by atoms with van der Waals surface area (Å²) in [5.74, 6) is -1.77. The lowest BCUT2D eigenvalue weighted by molar-refractivity contribution is -0.140. The number of aryl methyl sites for hydroxylation is 1. The number of unbranched alkanes of at least 4 members (excludes halogenated alkanes) is 1. The van der Waals surface area contributed by atoms with E-state index in [-0.39, 0.29) is 29.5 Å². The van der Waals surface area contributed by atoms with Crippen LogP contribution in [0.4, 0.5) is 10.1 Å². The van der Waals surface area contributed by atoms with Crippen LogP contribution in [-0.4, -0.2) is 44.3 Å². The number of halogens is 1. The summed E-state index contributed by atoms with van der Waals surface area (Å²) in [6.45, 7) is 3.63. The van der Waals surface area contributed by atoms with E-state index in [1.165, 1.54) is 35.2 Å². The summed E-state index contributed by atoms with van der Waals surface area (Å²) in [7, 11) is -4.37. The summed E-state index contributed by atoms with van der Waals surface area (Å²) in [5, 5.41) is 2.96. The molecule has 0 aliphatic rings. The molecule has 0 fully saturated rings. The Morgan fingerprint density at radius 1 is 0.818 bits per heavy atom. The Bertz CT molecular complexity index is 1630. The van der Waals surface area contributed by atoms with Gasteiger partial charge >= 0.3 is 0 Å². The first-order valence-electron chi connectivity index (χ1n) is 14.7. The molecule has 0 heterocycles. The SMILES string of the molecule is CCCCNC(=O)C(Cc1ccccc1)N(Cc1ccccc1)C(=O)CN(c1ccccc1F)S(=O)(=O)c1ccc(C)cc1. The van der Waals surface area contributed by atoms with E-state index in [4.69, 9.17) is 0 Å². The van der Waals surface area contributed by atoms with Crippen molar-refractivity contribution in [3.05, 3.63) is 132 Å². The van der Waals surface area contributed by atoms with Crippen LogP contribution in [0.1, 0.15) is 36.5 Å². The van der Waals surface area contributed by atoms with Gasteiger partial charge in [0.05, 0.1) is 10.6 Å². The highest BCUT2D eigenvalue weighted by Gasteiger charge is 2.35. The standard InChI is InChI=1S/C35H38FN3O4S/c1-3-4-23-37-35(41)33(24-28-13-7-5-8-14-28)38(25-29-15-9-6-10-16-29)34(40)26-39(32-18-12-11-17-31(32)36)44(42,43)30-21-19-27(2)20-22-30/h5-22,33H,3-4,23-26H2,1-2H3,(H,37,41). The molecule has 1 unspecified atom stereocenters. The lowest BCUT2D eigenvalue weighted by atomic mass is 10.0. The number of nitrogens with one attached hydrogen (secondary N) is 1. The van der Waals surface area contributed by atoms with Crippen molar-refractivity contribution in [3.8, 4) is 0 Å². The van der Waals surface area contributed by atoms with E-state index in [0.29, 0.717) is 6.54 Å². The van der Waals surface area contributed by atoms with Crippen molar-refractivity contribution in [1.29, 1.82) is 0 Å². The Morgan fingerprint density at radius 3 is 2.02 bits per heavy atom. The number of carbonyl (C=O) groups excluding carboxylic acids is 2. The molecule has 230 valence electrons. The zero-order chi connectivity index (χ0) is 31.5. The predicted molar refractivity (Wildman–Crippen MR) is 171 cm³/mol. The Morgan fingerprint density at radius 2 is 1.41 bits per heavy atom. The number of rotatable bonds is 14. The molecule has 4 aromatic rings. The van der Waals surface area contributed by atoms with Crippen molar-refractivity contribution in [2.75, 3.05) is 17.4 Å². The first kappa shape index (κ1) is 32.4. The topological polar surface area (TPSA) is 86.8 Å². The minimum atomic E-state index is -4.37. The summed E-state index contributed by atoms with van der Waals surface area (Å²) in [6, 6.07) is 29.2. The molecule has 2 amide bonds. The number of anilines is 1. The fraction of sp³-hybridized carbons (Fsp3) is 0.257. The van der Waals surface area contributed by atoms with E-state index >= 15 is 4.39 Å². The van der Waals surface area contributed by atoms with Gasteiger partial charge in [0.25, 0.3) is 10.0 Å². The summed E-state index contributed by atoms with van der Waals surface area (Å²) in [6.07, 6.45) is 1.86. The van der Waals surface area contributed by atoms with E-state index in [2.05, 4.69) is 5.32 Å². The van der Waals surface area contributed by atoms with Crippen molar-refractivity contribution in [1.82, 2.24) is 10.2 Å². The summed E-state index contributed by atoms with van der Waals surface area (Å²) in [5.41, 5.74) is 2.20. The number of benzene rings is 4. The van der Waals surface area contributed by atoms with Crippen LogP contribution in [0.3, 0.4) is 0 Å². The van der Waals surface area contributed by atoms with Gasteiger partial charge in [0.1, 0.15) is 18.4 Å². The molecule has 0 saturated carbocycles. The van der Waals surface area contributed by atoms with Gasteiger partial charge < -0.3 is 10.2 Å². The molecule has 7 nitrogen and oxygen atoms in total. The average Bonchev–Trinajstić information content (AvgIpc) is 3.03. The maximum atomic E-state index is 15.2. The molecule has 1 atom stereocenters. The third-order valence-corrected chi connectivity index (χ3v) is 9.08. The van der Waals surface area contributed by atoms with E-state index in [9.17, 15) is 18.0 Å². The third-order valence-electron chi connectivity index (χ3n) is 7.31. The molecule has 0 aliphatic heterocycles. The fourth-order valence-corrected chi connectivity index (χ4v) is 6.27. The molecule has 44 heavy (non-hydrogen) atoms. The predicted octanol–water partition coefficient (Wildman–Crippen LogP) is 5.89. The van der Waals surface area contributed by atoms with Crippen LogP contribution >= 0.6 is 0 Å². The molecule has 4 rings (SSSR count). The van der Waals surface area contributed by atoms with E-state index in [0.717, 1.165) is 39.9 Å². The monoisotopic (exact) mass is 615 g/mol. The van der Waals surface area contributed by atoms with Gasteiger partial charge in [-0.25, -0.2) is 12.8 Å². The van der Waals surface area contributed by atoms with Crippen LogP contribution in [-0.2, 0) is 32.6 Å². The number of hydrogen-bond donors (Lipinski definition) is 1. The second-order valence-electron chi connectivity index (χ2n) is 10.6. The number of sulfonamides is 1. The Labute approximate surface area is 259 Å². The number of amides is 2. The Kier molecular flexibility index (Phi) is 11.3. The first-order chi connectivity index (χ1) is 21.2. The van der Waals surface area contributed by atoms with Gasteiger partial charge in [-0.1, -0.05) is 104 Å². The van der Waals surface area contributed by atoms with Gasteiger partial charge in [-0.15, -0.1) is 0 Å². The molecular formula is C35H38FN3O4S. The van der Waals surface area contributed by atoms with Crippen molar-refractivity contribution < 1.29 is 22.4 Å². The molecule has 0 aromatic heterocycles. The van der Waals surface area contributed by atoms with Crippen molar-refractivity contribution in [3.63, 3.8) is 0 Å². The number of hydrogen-bond acceptors (Lipinski definition) is 4. The summed E-state index contributed by atoms with van der Waals surface area (Å²) >= 11 is 0. The quantitative estimate of drug-likeness (QED) is 0.179. The normalized spacial score (nSPS) is 11.9. The molecule has 0 aliphatic carbocycles. The summed E-state index contributed by atoms with van der Waals surface area (Å²) < 4.78 is 44.0. The van der Waals surface area contributed by atoms with Crippen molar-refractivity contribution in [2.45, 2.75) is 50.6 Å². The molecule has 0 spiro atoms. The Balaban J connectivity index is 1.78. The molecular weight excluding hydrogens is 577 g/mol. The number of carbonyl (C=O) groups is 2. The molecule has 9 heteroatoms. The van der Waals surface area contributed by atoms with Gasteiger partial charge in [0, 0.05) is 19.5 Å². The molecule has 4 aromatic carbocycles. The van der Waals surface area contributed by atoms with Gasteiger partial charge in [0.2, 0.25) is 11.8 Å². The largest absolute Gasteiger partial charge is 0.354 e. The average molecular weight is 616 g/mol. The highest BCUT2D eigenvalue weighted by atomic mass is 32.2.